The van der Waals surface area contributed by atoms with Crippen LogP contribution in [0.2, 0.25) is 0 Å². The first-order valence-electron chi connectivity index (χ1n) is 5.38. The number of oxime groups is 1. The van der Waals surface area contributed by atoms with Crippen LogP contribution in [-0.4, -0.2) is 45.8 Å². The Kier molecular flexibility index (Phi) is 7.33. The first kappa shape index (κ1) is 15.4. The molecule has 0 aliphatic heterocycles. The van der Waals surface area contributed by atoms with Gasteiger partial charge >= 0.3 is 0 Å². The van der Waals surface area contributed by atoms with Crippen LogP contribution >= 0.6 is 0 Å². The third kappa shape index (κ3) is 9.92. The molecular formula is C10H22N2O3S. The summed E-state index contributed by atoms with van der Waals surface area (Å²) in [5.74, 6) is 0.541. The molecule has 0 aliphatic carbocycles. The van der Waals surface area contributed by atoms with Gasteiger partial charge in [-0.05, 0) is 12.8 Å². The van der Waals surface area contributed by atoms with Crippen LogP contribution in [-0.2, 0) is 14.7 Å². The molecule has 0 bridgehead atoms. The van der Waals surface area contributed by atoms with Gasteiger partial charge in [-0.2, -0.15) is 0 Å². The summed E-state index contributed by atoms with van der Waals surface area (Å²) >= 11 is 0. The van der Waals surface area contributed by atoms with Gasteiger partial charge in [0.1, 0.15) is 16.4 Å². The number of sulfone groups is 1. The highest BCUT2D eigenvalue weighted by atomic mass is 32.2. The Balaban J connectivity index is 3.45. The summed E-state index contributed by atoms with van der Waals surface area (Å²) in [6.45, 7) is 7.52. The molecule has 0 aliphatic rings. The van der Waals surface area contributed by atoms with E-state index in [9.17, 15) is 8.42 Å². The minimum absolute atomic E-state index is 0.154. The standard InChI is InChI=1S/C10H22N2O3S/c1-9(2)10(3)12-15-7-5-11-6-8-16(4,13)14/h9,11H,5-8H2,1-4H3/b12-10-. The van der Waals surface area contributed by atoms with Gasteiger partial charge in [0.05, 0.1) is 11.5 Å². The van der Waals surface area contributed by atoms with Crippen LogP contribution in [0.5, 0.6) is 0 Å². The minimum Gasteiger partial charge on any atom is -0.394 e. The summed E-state index contributed by atoms with van der Waals surface area (Å²) in [5, 5.41) is 6.90. The minimum atomic E-state index is -2.87. The van der Waals surface area contributed by atoms with Crippen molar-refractivity contribution in [2.24, 2.45) is 11.1 Å². The summed E-state index contributed by atoms with van der Waals surface area (Å²) in [6.07, 6.45) is 1.22. The van der Waals surface area contributed by atoms with E-state index in [4.69, 9.17) is 4.84 Å². The highest BCUT2D eigenvalue weighted by Crippen LogP contribution is 1.95. The molecule has 0 radical (unpaired) electrons. The topological polar surface area (TPSA) is 67.8 Å². The highest BCUT2D eigenvalue weighted by molar-refractivity contribution is 7.90. The zero-order valence-electron chi connectivity index (χ0n) is 10.5. The molecule has 96 valence electrons. The van der Waals surface area contributed by atoms with Gasteiger partial charge in [-0.1, -0.05) is 19.0 Å². The van der Waals surface area contributed by atoms with E-state index < -0.39 is 9.84 Å². The Morgan fingerprint density at radius 1 is 1.38 bits per heavy atom. The largest absolute Gasteiger partial charge is 0.394 e. The maximum Gasteiger partial charge on any atom is 0.148 e. The van der Waals surface area contributed by atoms with E-state index in [-0.39, 0.29) is 5.75 Å². The second-order valence-electron chi connectivity index (χ2n) is 4.10. The van der Waals surface area contributed by atoms with Crippen LogP contribution in [0.3, 0.4) is 0 Å². The number of nitrogens with one attached hydrogen (secondary N) is 1. The molecule has 0 heterocycles. The fraction of sp³-hybridized carbons (Fsp3) is 0.900. The smallest absolute Gasteiger partial charge is 0.148 e. The van der Waals surface area contributed by atoms with Crippen LogP contribution in [0.15, 0.2) is 5.16 Å². The lowest BCUT2D eigenvalue weighted by atomic mass is 10.1. The number of hydrogen-bond acceptors (Lipinski definition) is 5. The maximum atomic E-state index is 10.8. The molecule has 0 amide bonds. The summed E-state index contributed by atoms with van der Waals surface area (Å²) in [5.41, 5.74) is 0.955. The molecule has 5 nitrogen and oxygen atoms in total. The van der Waals surface area contributed by atoms with Crippen LogP contribution in [0, 0.1) is 5.92 Å². The van der Waals surface area contributed by atoms with E-state index in [1.165, 1.54) is 6.26 Å². The van der Waals surface area contributed by atoms with Crippen molar-refractivity contribution in [1.82, 2.24) is 5.32 Å². The van der Waals surface area contributed by atoms with Gasteiger partial charge in [0.15, 0.2) is 0 Å². The monoisotopic (exact) mass is 250 g/mol. The molecule has 0 saturated carbocycles. The van der Waals surface area contributed by atoms with E-state index in [0.29, 0.717) is 25.6 Å². The highest BCUT2D eigenvalue weighted by Gasteiger charge is 2.00. The summed E-state index contributed by atoms with van der Waals surface area (Å²) in [4.78, 5) is 5.06. The van der Waals surface area contributed by atoms with E-state index in [1.54, 1.807) is 0 Å². The summed E-state index contributed by atoms with van der Waals surface area (Å²) < 4.78 is 21.6. The van der Waals surface area contributed by atoms with Crippen molar-refractivity contribution in [1.29, 1.82) is 0 Å². The Hall–Kier alpha value is -0.620. The average Bonchev–Trinajstić information content (AvgIpc) is 2.14. The number of hydrogen-bond donors (Lipinski definition) is 1. The van der Waals surface area contributed by atoms with Gasteiger partial charge < -0.3 is 10.2 Å². The molecular weight excluding hydrogens is 228 g/mol. The molecule has 0 spiro atoms. The lowest BCUT2D eigenvalue weighted by Crippen LogP contribution is -2.25. The number of rotatable bonds is 8. The summed E-state index contributed by atoms with van der Waals surface area (Å²) in [7, 11) is -2.87. The van der Waals surface area contributed by atoms with Gasteiger partial charge in [-0.25, -0.2) is 8.42 Å². The van der Waals surface area contributed by atoms with E-state index in [2.05, 4.69) is 10.5 Å². The fourth-order valence-electron chi connectivity index (χ4n) is 0.753. The first-order valence-corrected chi connectivity index (χ1v) is 7.44. The second kappa shape index (κ2) is 7.62. The zero-order valence-corrected chi connectivity index (χ0v) is 11.3. The van der Waals surface area contributed by atoms with Gasteiger partial charge in [0.25, 0.3) is 0 Å². The molecule has 0 fully saturated rings. The van der Waals surface area contributed by atoms with Crippen molar-refractivity contribution in [3.63, 3.8) is 0 Å². The molecule has 16 heavy (non-hydrogen) atoms. The molecule has 0 aromatic heterocycles. The van der Waals surface area contributed by atoms with Crippen molar-refractivity contribution in [3.8, 4) is 0 Å². The molecule has 0 saturated heterocycles. The predicted molar refractivity (Wildman–Crippen MR) is 66.5 cm³/mol. The lowest BCUT2D eigenvalue weighted by Gasteiger charge is -2.05. The molecule has 0 aromatic carbocycles. The Morgan fingerprint density at radius 3 is 2.50 bits per heavy atom. The van der Waals surface area contributed by atoms with Gasteiger partial charge in [0.2, 0.25) is 0 Å². The van der Waals surface area contributed by atoms with Crippen molar-refractivity contribution in [2.45, 2.75) is 20.8 Å². The SMILES string of the molecule is C/C(=N/OCCNCCS(C)(=O)=O)C(C)C. The number of nitrogens with zero attached hydrogens (tertiary/aromatic N) is 1. The molecule has 6 heteroatoms. The second-order valence-corrected chi connectivity index (χ2v) is 6.36. The average molecular weight is 250 g/mol. The summed E-state index contributed by atoms with van der Waals surface area (Å²) in [6, 6.07) is 0. The Bertz CT molecular complexity index is 310. The van der Waals surface area contributed by atoms with Crippen molar-refractivity contribution in [2.75, 3.05) is 31.7 Å². The zero-order chi connectivity index (χ0) is 12.6. The quantitative estimate of drug-likeness (QED) is 0.390. The molecule has 0 unspecified atom stereocenters. The lowest BCUT2D eigenvalue weighted by molar-refractivity contribution is 0.145. The third-order valence-electron chi connectivity index (χ3n) is 2.06. The molecule has 1 N–H and O–H groups in total. The Morgan fingerprint density at radius 2 is 2.00 bits per heavy atom. The fourth-order valence-corrected chi connectivity index (χ4v) is 1.27. The molecule has 0 aromatic rings. The van der Waals surface area contributed by atoms with E-state index in [1.807, 2.05) is 20.8 Å². The molecule has 0 rings (SSSR count). The van der Waals surface area contributed by atoms with E-state index in [0.717, 1.165) is 5.71 Å². The van der Waals surface area contributed by atoms with Crippen LogP contribution in [0.1, 0.15) is 20.8 Å². The first-order chi connectivity index (χ1) is 7.33. The maximum absolute atomic E-state index is 10.8. The van der Waals surface area contributed by atoms with Crippen molar-refractivity contribution < 1.29 is 13.3 Å². The predicted octanol–water partition coefficient (Wildman–Crippen LogP) is 0.669. The van der Waals surface area contributed by atoms with Gasteiger partial charge in [-0.3, -0.25) is 0 Å². The van der Waals surface area contributed by atoms with Crippen molar-refractivity contribution >= 4 is 15.5 Å². The van der Waals surface area contributed by atoms with Gasteiger partial charge in [0, 0.05) is 19.3 Å². The van der Waals surface area contributed by atoms with E-state index >= 15 is 0 Å². The molecule has 0 atom stereocenters. The van der Waals surface area contributed by atoms with Crippen LogP contribution in [0.4, 0.5) is 0 Å². The van der Waals surface area contributed by atoms with Crippen LogP contribution < -0.4 is 5.32 Å². The van der Waals surface area contributed by atoms with Crippen molar-refractivity contribution in [3.05, 3.63) is 0 Å². The third-order valence-corrected chi connectivity index (χ3v) is 3.01. The Labute approximate surface area is 98.2 Å². The normalized spacial score (nSPS) is 13.2. The van der Waals surface area contributed by atoms with Gasteiger partial charge in [-0.15, -0.1) is 0 Å². The van der Waals surface area contributed by atoms with Crippen LogP contribution in [0.25, 0.3) is 0 Å².